The van der Waals surface area contributed by atoms with Gasteiger partial charge in [0.1, 0.15) is 21.9 Å². The van der Waals surface area contributed by atoms with E-state index < -0.39 is 32.9 Å². The predicted molar refractivity (Wildman–Crippen MR) is 107 cm³/mol. The van der Waals surface area contributed by atoms with Crippen molar-refractivity contribution in [2.24, 2.45) is 0 Å². The van der Waals surface area contributed by atoms with E-state index in [1.807, 2.05) is 0 Å². The smallest absolute Gasteiger partial charge is 0.449 e. The predicted octanol–water partition coefficient (Wildman–Crippen LogP) is 3.60. The SMILES string of the molecule is O=C(c1oc2ccccc2c1NS(=O)(=O)c1ccccc1OC(F)(F)F)N1CCOCC1. The Morgan fingerprint density at radius 3 is 2.41 bits per heavy atom. The van der Waals surface area contributed by atoms with Crippen molar-refractivity contribution < 1.29 is 40.3 Å². The van der Waals surface area contributed by atoms with Gasteiger partial charge in [-0.2, -0.15) is 0 Å². The van der Waals surface area contributed by atoms with Gasteiger partial charge in [0.25, 0.3) is 15.9 Å². The fraction of sp³-hybridized carbons (Fsp3) is 0.250. The maximum absolute atomic E-state index is 13.1. The topological polar surface area (TPSA) is 98.1 Å². The van der Waals surface area contributed by atoms with Crippen LogP contribution >= 0.6 is 0 Å². The van der Waals surface area contributed by atoms with E-state index in [-0.39, 0.29) is 35.5 Å². The Morgan fingerprint density at radius 2 is 1.69 bits per heavy atom. The lowest BCUT2D eigenvalue weighted by molar-refractivity contribution is -0.275. The second kappa shape index (κ2) is 8.36. The van der Waals surface area contributed by atoms with Crippen molar-refractivity contribution in [3.05, 3.63) is 54.3 Å². The number of para-hydroxylation sites is 2. The number of anilines is 1. The highest BCUT2D eigenvalue weighted by Gasteiger charge is 2.35. The Bertz CT molecular complexity index is 1250. The van der Waals surface area contributed by atoms with E-state index >= 15 is 0 Å². The molecule has 0 radical (unpaired) electrons. The van der Waals surface area contributed by atoms with Gasteiger partial charge in [-0.15, -0.1) is 13.2 Å². The Kier molecular flexibility index (Phi) is 5.73. The van der Waals surface area contributed by atoms with Gasteiger partial charge in [-0.25, -0.2) is 8.42 Å². The number of carbonyl (C=O) groups excluding carboxylic acids is 1. The average Bonchev–Trinajstić information content (AvgIpc) is 3.11. The van der Waals surface area contributed by atoms with Gasteiger partial charge in [0.2, 0.25) is 5.76 Å². The minimum Gasteiger partial charge on any atom is -0.449 e. The van der Waals surface area contributed by atoms with E-state index in [1.165, 1.54) is 23.1 Å². The van der Waals surface area contributed by atoms with Crippen molar-refractivity contribution in [3.63, 3.8) is 0 Å². The molecule has 1 amide bonds. The minimum atomic E-state index is -5.09. The Balaban J connectivity index is 1.77. The van der Waals surface area contributed by atoms with E-state index in [0.717, 1.165) is 12.1 Å². The van der Waals surface area contributed by atoms with Crippen LogP contribution in [0.25, 0.3) is 11.0 Å². The van der Waals surface area contributed by atoms with Crippen LogP contribution in [0.4, 0.5) is 18.9 Å². The van der Waals surface area contributed by atoms with Gasteiger partial charge >= 0.3 is 6.36 Å². The molecule has 1 saturated heterocycles. The number of amides is 1. The summed E-state index contributed by atoms with van der Waals surface area (Å²) in [4.78, 5) is 13.7. The average molecular weight is 470 g/mol. The second-order valence-electron chi connectivity index (χ2n) is 6.81. The van der Waals surface area contributed by atoms with Crippen LogP contribution in [0.3, 0.4) is 0 Å². The molecule has 1 aromatic heterocycles. The maximum Gasteiger partial charge on any atom is 0.573 e. The van der Waals surface area contributed by atoms with Crippen molar-refractivity contribution in [2.45, 2.75) is 11.3 Å². The highest BCUT2D eigenvalue weighted by atomic mass is 32.2. The second-order valence-corrected chi connectivity index (χ2v) is 8.46. The van der Waals surface area contributed by atoms with Gasteiger partial charge in [-0.1, -0.05) is 24.3 Å². The molecule has 1 aliphatic rings. The highest BCUT2D eigenvalue weighted by molar-refractivity contribution is 7.92. The molecule has 32 heavy (non-hydrogen) atoms. The molecule has 1 N–H and O–H groups in total. The van der Waals surface area contributed by atoms with Crippen molar-refractivity contribution in [1.82, 2.24) is 4.90 Å². The first kappa shape index (κ1) is 22.0. The van der Waals surface area contributed by atoms with Gasteiger partial charge in [0, 0.05) is 18.5 Å². The maximum atomic E-state index is 13.1. The molecule has 4 rings (SSSR count). The number of alkyl halides is 3. The van der Waals surface area contributed by atoms with Crippen LogP contribution < -0.4 is 9.46 Å². The van der Waals surface area contributed by atoms with Crippen molar-refractivity contribution in [1.29, 1.82) is 0 Å². The lowest BCUT2D eigenvalue weighted by Gasteiger charge is -2.26. The highest BCUT2D eigenvalue weighted by Crippen LogP contribution is 2.36. The number of benzene rings is 2. The summed E-state index contributed by atoms with van der Waals surface area (Å²) >= 11 is 0. The van der Waals surface area contributed by atoms with Crippen LogP contribution in [-0.4, -0.2) is 51.9 Å². The molecule has 1 aliphatic heterocycles. The van der Waals surface area contributed by atoms with Crippen LogP contribution in [0.2, 0.25) is 0 Å². The number of halogens is 3. The fourth-order valence-corrected chi connectivity index (χ4v) is 4.49. The molecule has 0 spiro atoms. The minimum absolute atomic E-state index is 0.168. The molecular weight excluding hydrogens is 453 g/mol. The molecule has 0 saturated carbocycles. The van der Waals surface area contributed by atoms with E-state index in [0.29, 0.717) is 13.2 Å². The number of sulfonamides is 1. The molecule has 8 nitrogen and oxygen atoms in total. The number of nitrogens with zero attached hydrogens (tertiary/aromatic N) is 1. The Morgan fingerprint density at radius 1 is 1.03 bits per heavy atom. The van der Waals surface area contributed by atoms with Gasteiger partial charge in [-0.05, 0) is 24.3 Å². The fourth-order valence-electron chi connectivity index (χ4n) is 3.28. The van der Waals surface area contributed by atoms with Crippen LogP contribution in [-0.2, 0) is 14.8 Å². The number of rotatable bonds is 5. The first-order chi connectivity index (χ1) is 15.2. The summed E-state index contributed by atoms with van der Waals surface area (Å²) in [6.07, 6.45) is -5.09. The Labute approximate surface area is 180 Å². The molecule has 2 heterocycles. The summed E-state index contributed by atoms with van der Waals surface area (Å²) in [5.74, 6) is -1.74. The zero-order chi connectivity index (χ0) is 22.9. The summed E-state index contributed by atoms with van der Waals surface area (Å²) < 4.78 is 81.3. The number of ether oxygens (including phenoxy) is 2. The summed E-state index contributed by atoms with van der Waals surface area (Å²) in [5.41, 5.74) is 0.0699. The molecule has 12 heteroatoms. The summed E-state index contributed by atoms with van der Waals surface area (Å²) in [7, 11) is -4.59. The van der Waals surface area contributed by atoms with Gasteiger partial charge in [0.15, 0.2) is 0 Å². The zero-order valence-electron chi connectivity index (χ0n) is 16.4. The number of hydrogen-bond donors (Lipinski definition) is 1. The van der Waals surface area contributed by atoms with Gasteiger partial charge in [0.05, 0.1) is 13.2 Å². The van der Waals surface area contributed by atoms with Gasteiger partial charge in [-0.3, -0.25) is 9.52 Å². The molecule has 0 unspecified atom stereocenters. The molecule has 2 aromatic carbocycles. The van der Waals surface area contributed by atoms with E-state index in [1.54, 1.807) is 18.2 Å². The molecule has 1 fully saturated rings. The van der Waals surface area contributed by atoms with Gasteiger partial charge < -0.3 is 18.8 Å². The Hall–Kier alpha value is -3.25. The standard InChI is InChI=1S/C20H17F3N2O6S/c21-20(22,23)31-15-7-3-4-8-16(15)32(27,28)24-17-13-5-1-2-6-14(13)30-18(17)19(26)25-9-11-29-12-10-25/h1-8,24H,9-12H2. The number of fused-ring (bicyclic) bond motifs is 1. The number of morpholine rings is 1. The quantitative estimate of drug-likeness (QED) is 0.612. The van der Waals surface area contributed by atoms with E-state index in [9.17, 15) is 26.4 Å². The summed E-state index contributed by atoms with van der Waals surface area (Å²) in [6.45, 7) is 1.19. The lowest BCUT2D eigenvalue weighted by atomic mass is 10.2. The molecule has 3 aromatic rings. The number of nitrogens with one attached hydrogen (secondary N) is 1. The summed E-state index contributed by atoms with van der Waals surface area (Å²) in [6, 6.07) is 10.6. The molecule has 170 valence electrons. The van der Waals surface area contributed by atoms with Crippen molar-refractivity contribution in [2.75, 3.05) is 31.0 Å². The largest absolute Gasteiger partial charge is 0.573 e. The number of carbonyl (C=O) groups is 1. The van der Waals surface area contributed by atoms with Crippen LogP contribution in [0.1, 0.15) is 10.6 Å². The molecular formula is C20H17F3N2O6S. The van der Waals surface area contributed by atoms with Crippen LogP contribution in [0, 0.1) is 0 Å². The van der Waals surface area contributed by atoms with Crippen LogP contribution in [0.15, 0.2) is 57.8 Å². The van der Waals surface area contributed by atoms with Crippen molar-refractivity contribution >= 4 is 32.6 Å². The monoisotopic (exact) mass is 470 g/mol. The van der Waals surface area contributed by atoms with Crippen molar-refractivity contribution in [3.8, 4) is 5.75 Å². The first-order valence-corrected chi connectivity index (χ1v) is 10.9. The third-order valence-corrected chi connectivity index (χ3v) is 6.08. The normalized spacial score (nSPS) is 15.0. The third-order valence-electron chi connectivity index (χ3n) is 4.69. The van der Waals surface area contributed by atoms with E-state index in [4.69, 9.17) is 9.15 Å². The lowest BCUT2D eigenvalue weighted by Crippen LogP contribution is -2.40. The summed E-state index contributed by atoms with van der Waals surface area (Å²) in [5, 5.41) is 0.280. The number of hydrogen-bond acceptors (Lipinski definition) is 6. The first-order valence-electron chi connectivity index (χ1n) is 9.42. The molecule has 0 atom stereocenters. The molecule has 0 bridgehead atoms. The zero-order valence-corrected chi connectivity index (χ0v) is 17.2. The van der Waals surface area contributed by atoms with Crippen LogP contribution in [0.5, 0.6) is 5.75 Å². The molecule has 0 aliphatic carbocycles. The number of furan rings is 1. The van der Waals surface area contributed by atoms with E-state index in [2.05, 4.69) is 9.46 Å². The third kappa shape index (κ3) is 4.50.